The second kappa shape index (κ2) is 4.82. The first-order chi connectivity index (χ1) is 8.83. The van der Waals surface area contributed by atoms with Gasteiger partial charge in [0.25, 0.3) is 0 Å². The molecule has 0 aliphatic carbocycles. The van der Waals surface area contributed by atoms with Crippen molar-refractivity contribution in [3.05, 3.63) is 0 Å². The molecular weight excluding hydrogens is 248 g/mol. The van der Waals surface area contributed by atoms with Gasteiger partial charge in [0.15, 0.2) is 5.78 Å². The van der Waals surface area contributed by atoms with E-state index in [0.29, 0.717) is 6.61 Å². The van der Waals surface area contributed by atoms with Crippen molar-refractivity contribution in [2.45, 2.75) is 44.9 Å². The van der Waals surface area contributed by atoms with Crippen LogP contribution >= 0.6 is 0 Å². The van der Waals surface area contributed by atoms with E-state index in [0.717, 1.165) is 0 Å². The summed E-state index contributed by atoms with van der Waals surface area (Å²) in [7, 11) is 0. The predicted octanol–water partition coefficient (Wildman–Crippen LogP) is 1.10. The zero-order chi connectivity index (χ0) is 14.2. The molecule has 2 aliphatic heterocycles. The smallest absolute Gasteiger partial charge is 0.411 e. The van der Waals surface area contributed by atoms with Gasteiger partial charge in [0.2, 0.25) is 0 Å². The molecule has 2 fully saturated rings. The number of ketones is 1. The molecule has 3 atom stereocenters. The largest absolute Gasteiger partial charge is 0.444 e. The molecule has 0 aromatic carbocycles. The van der Waals surface area contributed by atoms with Crippen molar-refractivity contribution in [1.29, 1.82) is 5.26 Å². The van der Waals surface area contributed by atoms with Crippen LogP contribution in [0.3, 0.4) is 0 Å². The van der Waals surface area contributed by atoms with Crippen LogP contribution in [-0.4, -0.2) is 47.7 Å². The number of nitriles is 1. The van der Waals surface area contributed by atoms with E-state index >= 15 is 0 Å². The summed E-state index contributed by atoms with van der Waals surface area (Å²) in [6, 6.07) is 1.14. The minimum absolute atomic E-state index is 0.111. The van der Waals surface area contributed by atoms with E-state index in [4.69, 9.17) is 14.7 Å². The van der Waals surface area contributed by atoms with Crippen LogP contribution in [0.4, 0.5) is 4.79 Å². The first kappa shape index (κ1) is 13.8. The van der Waals surface area contributed by atoms with Gasteiger partial charge in [-0.25, -0.2) is 4.79 Å². The fourth-order valence-electron chi connectivity index (χ4n) is 2.50. The zero-order valence-electron chi connectivity index (χ0n) is 11.4. The highest BCUT2D eigenvalue weighted by molar-refractivity contribution is 5.87. The minimum Gasteiger partial charge on any atom is -0.444 e. The molecule has 0 radical (unpaired) electrons. The highest BCUT2D eigenvalue weighted by Gasteiger charge is 2.48. The summed E-state index contributed by atoms with van der Waals surface area (Å²) >= 11 is 0. The number of ether oxygens (including phenoxy) is 2. The third-order valence-corrected chi connectivity index (χ3v) is 3.26. The van der Waals surface area contributed by atoms with E-state index in [1.807, 2.05) is 6.07 Å². The number of Topliss-reactive ketones (excluding diaryl/α,β-unsaturated/α-hetero) is 1. The van der Waals surface area contributed by atoms with Gasteiger partial charge in [-0.05, 0) is 20.8 Å². The van der Waals surface area contributed by atoms with Gasteiger partial charge in [-0.1, -0.05) is 0 Å². The number of morpholine rings is 1. The first-order valence-corrected chi connectivity index (χ1v) is 6.35. The molecule has 3 unspecified atom stereocenters. The van der Waals surface area contributed by atoms with Gasteiger partial charge >= 0.3 is 6.09 Å². The molecule has 0 spiro atoms. The van der Waals surface area contributed by atoms with Crippen molar-refractivity contribution >= 4 is 11.9 Å². The molecule has 2 rings (SSSR count). The van der Waals surface area contributed by atoms with Crippen molar-refractivity contribution in [2.24, 2.45) is 5.92 Å². The lowest BCUT2D eigenvalue weighted by Crippen LogP contribution is -2.63. The van der Waals surface area contributed by atoms with Crippen LogP contribution in [0.25, 0.3) is 0 Å². The van der Waals surface area contributed by atoms with Crippen LogP contribution < -0.4 is 0 Å². The second-order valence-electron chi connectivity index (χ2n) is 5.92. The Labute approximate surface area is 112 Å². The number of hydrogen-bond donors (Lipinski definition) is 0. The second-order valence-corrected chi connectivity index (χ2v) is 5.92. The number of piperidine rings is 1. The molecule has 2 heterocycles. The summed E-state index contributed by atoms with van der Waals surface area (Å²) in [6.45, 7) is 5.88. The first-order valence-electron chi connectivity index (χ1n) is 6.35. The molecular formula is C13H18N2O4. The number of nitrogens with zero attached hydrogens (tertiary/aromatic N) is 2. The molecule has 6 nitrogen and oxygen atoms in total. The summed E-state index contributed by atoms with van der Waals surface area (Å²) in [5.41, 5.74) is -0.601. The molecule has 2 bridgehead atoms. The third-order valence-electron chi connectivity index (χ3n) is 3.26. The normalized spacial score (nSPS) is 30.7. The fourth-order valence-corrected chi connectivity index (χ4v) is 2.50. The topological polar surface area (TPSA) is 79.6 Å². The zero-order valence-corrected chi connectivity index (χ0v) is 11.4. The fraction of sp³-hybridized carbons (Fsp3) is 0.769. The van der Waals surface area contributed by atoms with E-state index < -0.39 is 23.7 Å². The third kappa shape index (κ3) is 2.71. The lowest BCUT2D eigenvalue weighted by Gasteiger charge is -2.46. The highest BCUT2D eigenvalue weighted by atomic mass is 16.6. The van der Waals surface area contributed by atoms with Crippen molar-refractivity contribution in [1.82, 2.24) is 4.90 Å². The van der Waals surface area contributed by atoms with Gasteiger partial charge in [0, 0.05) is 6.42 Å². The van der Waals surface area contributed by atoms with E-state index in [1.54, 1.807) is 20.8 Å². The van der Waals surface area contributed by atoms with Gasteiger partial charge in [0.05, 0.1) is 31.4 Å². The van der Waals surface area contributed by atoms with Gasteiger partial charge in [-0.2, -0.15) is 5.26 Å². The molecule has 0 N–H and O–H groups in total. The number of rotatable bonds is 0. The molecule has 6 heteroatoms. The van der Waals surface area contributed by atoms with Crippen molar-refractivity contribution in [3.63, 3.8) is 0 Å². The number of carbonyl (C=O) groups is 2. The average molecular weight is 266 g/mol. The number of carbonyl (C=O) groups excluding carboxylic acids is 2. The van der Waals surface area contributed by atoms with Crippen molar-refractivity contribution < 1.29 is 19.1 Å². The summed E-state index contributed by atoms with van der Waals surface area (Å²) in [5.74, 6) is -0.926. The Morgan fingerprint density at radius 1 is 1.47 bits per heavy atom. The number of fused-ring (bicyclic) bond motifs is 2. The maximum atomic E-state index is 12.2. The Hall–Kier alpha value is -1.61. The molecule has 0 aromatic rings. The molecule has 104 valence electrons. The Morgan fingerprint density at radius 2 is 2.16 bits per heavy atom. The average Bonchev–Trinajstić information content (AvgIpc) is 2.26. The molecule has 2 aliphatic rings. The Bertz CT molecular complexity index is 435. The summed E-state index contributed by atoms with van der Waals surface area (Å²) < 4.78 is 10.7. The van der Waals surface area contributed by atoms with Gasteiger partial charge in [-0.3, -0.25) is 9.69 Å². The van der Waals surface area contributed by atoms with Crippen LogP contribution in [0.5, 0.6) is 0 Å². The minimum atomic E-state index is -0.816. The van der Waals surface area contributed by atoms with Crippen molar-refractivity contribution in [3.8, 4) is 6.07 Å². The van der Waals surface area contributed by atoms with E-state index in [1.165, 1.54) is 4.90 Å². The lowest BCUT2D eigenvalue weighted by molar-refractivity contribution is -0.139. The van der Waals surface area contributed by atoms with Crippen LogP contribution in [0, 0.1) is 17.2 Å². The molecule has 0 aromatic heterocycles. The Kier molecular flexibility index (Phi) is 3.50. The van der Waals surface area contributed by atoms with Crippen LogP contribution in [-0.2, 0) is 14.3 Å². The van der Waals surface area contributed by atoms with Gasteiger partial charge in [0.1, 0.15) is 11.5 Å². The van der Waals surface area contributed by atoms with Crippen LogP contribution in [0.2, 0.25) is 0 Å². The Balaban J connectivity index is 2.22. The summed E-state index contributed by atoms with van der Waals surface area (Å²) in [5, 5.41) is 9.10. The molecule has 19 heavy (non-hydrogen) atoms. The summed E-state index contributed by atoms with van der Waals surface area (Å²) in [6.07, 6.45) is -0.313. The lowest BCUT2D eigenvalue weighted by atomic mass is 9.84. The van der Waals surface area contributed by atoms with Crippen LogP contribution in [0.15, 0.2) is 0 Å². The Morgan fingerprint density at radius 3 is 2.74 bits per heavy atom. The predicted molar refractivity (Wildman–Crippen MR) is 65.2 cm³/mol. The SMILES string of the molecule is CC(C)(C)OC(=O)N1C2COCC1C(C#N)C(=O)C2. The summed E-state index contributed by atoms with van der Waals surface area (Å²) in [4.78, 5) is 25.6. The maximum Gasteiger partial charge on any atom is 0.411 e. The monoisotopic (exact) mass is 266 g/mol. The molecule has 1 amide bonds. The quantitative estimate of drug-likeness (QED) is 0.656. The van der Waals surface area contributed by atoms with Gasteiger partial charge in [-0.15, -0.1) is 0 Å². The van der Waals surface area contributed by atoms with E-state index in [2.05, 4.69) is 0 Å². The number of hydrogen-bond acceptors (Lipinski definition) is 5. The van der Waals surface area contributed by atoms with E-state index in [-0.39, 0.29) is 24.9 Å². The number of amides is 1. The van der Waals surface area contributed by atoms with Crippen molar-refractivity contribution in [2.75, 3.05) is 13.2 Å². The molecule has 2 saturated heterocycles. The van der Waals surface area contributed by atoms with Crippen LogP contribution in [0.1, 0.15) is 27.2 Å². The highest BCUT2D eigenvalue weighted by Crippen LogP contribution is 2.30. The van der Waals surface area contributed by atoms with Gasteiger partial charge < -0.3 is 9.47 Å². The molecule has 0 saturated carbocycles. The van der Waals surface area contributed by atoms with E-state index in [9.17, 15) is 9.59 Å². The standard InChI is InChI=1S/C13H18N2O4/c1-13(2,3)19-12(17)15-8-4-11(16)9(5-14)10(15)7-18-6-8/h8-10H,4,6-7H2,1-3H3. The maximum absolute atomic E-state index is 12.2.